The van der Waals surface area contributed by atoms with Gasteiger partial charge < -0.3 is 11.1 Å². The molecule has 0 fully saturated rings. The third-order valence-corrected chi connectivity index (χ3v) is 4.52. The van der Waals surface area contributed by atoms with Crippen LogP contribution in [-0.2, 0) is 4.79 Å². The van der Waals surface area contributed by atoms with Gasteiger partial charge in [-0.15, -0.1) is 0 Å². The van der Waals surface area contributed by atoms with Crippen molar-refractivity contribution >= 4 is 28.8 Å². The van der Waals surface area contributed by atoms with Gasteiger partial charge in [-0.25, -0.2) is 0 Å². The molecule has 0 saturated heterocycles. The van der Waals surface area contributed by atoms with Crippen LogP contribution in [0.5, 0.6) is 0 Å². The van der Waals surface area contributed by atoms with Gasteiger partial charge in [0.25, 0.3) is 0 Å². The van der Waals surface area contributed by atoms with Crippen LogP contribution in [0.2, 0.25) is 5.02 Å². The van der Waals surface area contributed by atoms with Gasteiger partial charge in [0.15, 0.2) is 0 Å². The van der Waals surface area contributed by atoms with Crippen molar-refractivity contribution in [2.45, 2.75) is 25.9 Å². The zero-order valence-corrected chi connectivity index (χ0v) is 13.6. The van der Waals surface area contributed by atoms with Crippen molar-refractivity contribution in [2.24, 2.45) is 11.7 Å². The summed E-state index contributed by atoms with van der Waals surface area (Å²) in [4.78, 5) is 12.3. The Labute approximate surface area is 134 Å². The van der Waals surface area contributed by atoms with E-state index in [1.165, 1.54) is 0 Å². The third-order valence-electron chi connectivity index (χ3n) is 3.57. The lowest BCUT2D eigenvalue weighted by molar-refractivity contribution is -0.125. The van der Waals surface area contributed by atoms with E-state index in [1.807, 2.05) is 54.9 Å². The number of hydrogen-bond acceptors (Lipinski definition) is 3. The summed E-state index contributed by atoms with van der Waals surface area (Å²) < 4.78 is 0. The molecule has 1 amide bonds. The molecule has 0 saturated carbocycles. The minimum atomic E-state index is -0.238. The lowest BCUT2D eigenvalue weighted by Crippen LogP contribution is -2.40. The average Bonchev–Trinajstić information content (AvgIpc) is 2.98. The Morgan fingerprint density at radius 3 is 2.38 bits per heavy atom. The molecule has 0 radical (unpaired) electrons. The summed E-state index contributed by atoms with van der Waals surface area (Å²) >= 11 is 7.54. The van der Waals surface area contributed by atoms with E-state index in [2.05, 4.69) is 5.32 Å². The van der Waals surface area contributed by atoms with Gasteiger partial charge in [-0.2, -0.15) is 11.3 Å². The van der Waals surface area contributed by atoms with Crippen molar-refractivity contribution in [1.82, 2.24) is 5.32 Å². The highest BCUT2D eigenvalue weighted by molar-refractivity contribution is 7.08. The summed E-state index contributed by atoms with van der Waals surface area (Å²) in [5.74, 6) is -0.283. The van der Waals surface area contributed by atoms with Crippen LogP contribution in [0.3, 0.4) is 0 Å². The number of nitrogens with two attached hydrogens (primary N) is 1. The Kier molecular flexibility index (Phi) is 5.39. The lowest BCUT2D eigenvalue weighted by Gasteiger charge is -2.22. The van der Waals surface area contributed by atoms with Crippen LogP contribution in [0.4, 0.5) is 0 Å². The number of rotatable bonds is 5. The Morgan fingerprint density at radius 1 is 1.19 bits per heavy atom. The van der Waals surface area contributed by atoms with E-state index in [1.54, 1.807) is 11.3 Å². The number of hydrogen-bond donors (Lipinski definition) is 2. The molecule has 1 aromatic carbocycles. The normalized spacial score (nSPS) is 15.2. The summed E-state index contributed by atoms with van der Waals surface area (Å²) in [6, 6.07) is 9.18. The molecule has 0 aliphatic rings. The molecule has 1 heterocycles. The van der Waals surface area contributed by atoms with E-state index in [-0.39, 0.29) is 23.9 Å². The van der Waals surface area contributed by atoms with Crippen molar-refractivity contribution < 1.29 is 4.79 Å². The molecular formula is C16H19ClN2OS. The van der Waals surface area contributed by atoms with E-state index < -0.39 is 0 Å². The predicted octanol–water partition coefficient (Wildman–Crippen LogP) is 3.59. The van der Waals surface area contributed by atoms with Crippen LogP contribution >= 0.6 is 22.9 Å². The maximum atomic E-state index is 12.3. The molecule has 0 aliphatic carbocycles. The van der Waals surface area contributed by atoms with Crippen molar-refractivity contribution in [3.05, 3.63) is 57.2 Å². The number of carbonyl (C=O) groups is 1. The Balaban J connectivity index is 2.25. The molecule has 21 heavy (non-hydrogen) atoms. The number of nitrogens with one attached hydrogen (secondary N) is 1. The van der Waals surface area contributed by atoms with Gasteiger partial charge in [0, 0.05) is 17.0 Å². The van der Waals surface area contributed by atoms with Crippen LogP contribution in [0, 0.1) is 5.92 Å². The molecule has 2 rings (SSSR count). The summed E-state index contributed by atoms with van der Waals surface area (Å²) in [5.41, 5.74) is 7.88. The van der Waals surface area contributed by atoms with E-state index in [9.17, 15) is 4.79 Å². The highest BCUT2D eigenvalue weighted by Gasteiger charge is 2.22. The van der Waals surface area contributed by atoms with E-state index in [0.29, 0.717) is 5.02 Å². The second-order valence-corrected chi connectivity index (χ2v) is 6.41. The highest BCUT2D eigenvalue weighted by Crippen LogP contribution is 2.25. The van der Waals surface area contributed by atoms with E-state index in [0.717, 1.165) is 11.1 Å². The molecule has 2 aromatic rings. The maximum absolute atomic E-state index is 12.3. The van der Waals surface area contributed by atoms with E-state index in [4.69, 9.17) is 17.3 Å². The van der Waals surface area contributed by atoms with E-state index >= 15 is 0 Å². The standard InChI is InChI=1S/C16H19ClN2OS/c1-10(11(2)18)16(20)19-15(13-7-8-21-9-13)12-3-5-14(17)6-4-12/h3-11,15H,18H2,1-2H3,(H,19,20). The Bertz CT molecular complexity index is 581. The predicted molar refractivity (Wildman–Crippen MR) is 88.6 cm³/mol. The van der Waals surface area contributed by atoms with Gasteiger partial charge in [0.2, 0.25) is 5.91 Å². The quantitative estimate of drug-likeness (QED) is 0.883. The zero-order valence-electron chi connectivity index (χ0n) is 12.0. The van der Waals surface area contributed by atoms with Crippen molar-refractivity contribution in [3.8, 4) is 0 Å². The van der Waals surface area contributed by atoms with Crippen LogP contribution < -0.4 is 11.1 Å². The van der Waals surface area contributed by atoms with Crippen LogP contribution in [0.25, 0.3) is 0 Å². The van der Waals surface area contributed by atoms with Gasteiger partial charge in [-0.1, -0.05) is 30.7 Å². The third kappa shape index (κ3) is 4.06. The first-order valence-corrected chi connectivity index (χ1v) is 8.14. The molecule has 5 heteroatoms. The summed E-state index contributed by atoms with van der Waals surface area (Å²) in [6.45, 7) is 3.68. The summed E-state index contributed by atoms with van der Waals surface area (Å²) in [6.07, 6.45) is 0. The van der Waals surface area contributed by atoms with Crippen LogP contribution in [-0.4, -0.2) is 11.9 Å². The number of halogens is 1. The number of thiophene rings is 1. The molecule has 0 spiro atoms. The first-order chi connectivity index (χ1) is 9.99. The highest BCUT2D eigenvalue weighted by atomic mass is 35.5. The fraction of sp³-hybridized carbons (Fsp3) is 0.312. The zero-order chi connectivity index (χ0) is 15.4. The molecule has 112 valence electrons. The van der Waals surface area contributed by atoms with Crippen LogP contribution in [0.15, 0.2) is 41.1 Å². The second kappa shape index (κ2) is 7.07. The van der Waals surface area contributed by atoms with Gasteiger partial charge in [-0.3, -0.25) is 4.79 Å². The first-order valence-electron chi connectivity index (χ1n) is 6.82. The largest absolute Gasteiger partial charge is 0.345 e. The number of carbonyl (C=O) groups excluding carboxylic acids is 1. The van der Waals surface area contributed by atoms with Crippen LogP contribution in [0.1, 0.15) is 31.0 Å². The fourth-order valence-corrected chi connectivity index (χ4v) is 2.78. The second-order valence-electron chi connectivity index (χ2n) is 5.20. The average molecular weight is 323 g/mol. The van der Waals surface area contributed by atoms with Crippen molar-refractivity contribution in [2.75, 3.05) is 0 Å². The SMILES string of the molecule is CC(N)C(C)C(=O)NC(c1ccc(Cl)cc1)c1ccsc1. The summed E-state index contributed by atoms with van der Waals surface area (Å²) in [7, 11) is 0. The monoisotopic (exact) mass is 322 g/mol. The first kappa shape index (κ1) is 16.0. The van der Waals surface area contributed by atoms with Gasteiger partial charge >= 0.3 is 0 Å². The van der Waals surface area contributed by atoms with Gasteiger partial charge in [-0.05, 0) is 47.0 Å². The molecule has 3 nitrogen and oxygen atoms in total. The molecular weight excluding hydrogens is 304 g/mol. The minimum Gasteiger partial charge on any atom is -0.345 e. The topological polar surface area (TPSA) is 55.1 Å². The van der Waals surface area contributed by atoms with Crippen molar-refractivity contribution in [3.63, 3.8) is 0 Å². The smallest absolute Gasteiger partial charge is 0.225 e. The molecule has 3 unspecified atom stereocenters. The molecule has 3 N–H and O–H groups in total. The molecule has 0 aliphatic heterocycles. The van der Waals surface area contributed by atoms with Gasteiger partial charge in [0.05, 0.1) is 6.04 Å². The lowest BCUT2D eigenvalue weighted by atomic mass is 9.98. The molecule has 1 aromatic heterocycles. The Morgan fingerprint density at radius 2 is 1.86 bits per heavy atom. The molecule has 0 bridgehead atoms. The Hall–Kier alpha value is -1.36. The minimum absolute atomic E-state index is 0.0452. The van der Waals surface area contributed by atoms with Gasteiger partial charge in [0.1, 0.15) is 0 Å². The maximum Gasteiger partial charge on any atom is 0.225 e. The molecule has 3 atom stereocenters. The number of benzene rings is 1. The summed E-state index contributed by atoms with van der Waals surface area (Å²) in [5, 5.41) is 7.80. The fourth-order valence-electron chi connectivity index (χ4n) is 1.97. The number of amides is 1. The van der Waals surface area contributed by atoms with Crippen molar-refractivity contribution in [1.29, 1.82) is 0 Å².